The highest BCUT2D eigenvalue weighted by Crippen LogP contribution is 2.32. The molecule has 0 aromatic heterocycles. The van der Waals surface area contributed by atoms with E-state index in [4.69, 9.17) is 0 Å². The maximum atomic E-state index is 2.44. The molecule has 0 bridgehead atoms. The van der Waals surface area contributed by atoms with Crippen molar-refractivity contribution in [2.75, 3.05) is 0 Å². The molecular weight excluding hydrogens is 312 g/mol. The highest BCUT2D eigenvalue weighted by atomic mass is 14.2. The van der Waals surface area contributed by atoms with Crippen LogP contribution in [0.4, 0.5) is 0 Å². The fourth-order valence-electron chi connectivity index (χ4n) is 4.04. The SMILES string of the molecule is C/C=C/CCc1ccc(-c2ccc3c(c2)CCC(CC/C=C/C)C3)cc1. The third-order valence-electron chi connectivity index (χ3n) is 5.64. The van der Waals surface area contributed by atoms with Gasteiger partial charge in [-0.1, -0.05) is 66.8 Å². The zero-order valence-corrected chi connectivity index (χ0v) is 16.4. The van der Waals surface area contributed by atoms with Gasteiger partial charge in [0.2, 0.25) is 0 Å². The quantitative estimate of drug-likeness (QED) is 0.461. The first-order valence-electron chi connectivity index (χ1n) is 10.2. The predicted molar refractivity (Wildman–Crippen MR) is 115 cm³/mol. The number of benzene rings is 2. The lowest BCUT2D eigenvalue weighted by atomic mass is 9.80. The Labute approximate surface area is 159 Å². The van der Waals surface area contributed by atoms with E-state index >= 15 is 0 Å². The van der Waals surface area contributed by atoms with Crippen LogP contribution in [-0.4, -0.2) is 0 Å². The summed E-state index contributed by atoms with van der Waals surface area (Å²) < 4.78 is 0. The number of hydrogen-bond acceptors (Lipinski definition) is 0. The highest BCUT2D eigenvalue weighted by molar-refractivity contribution is 5.65. The number of aryl methyl sites for hydroxylation is 2. The minimum absolute atomic E-state index is 0.862. The van der Waals surface area contributed by atoms with Crippen molar-refractivity contribution >= 4 is 0 Å². The Morgan fingerprint density at radius 1 is 0.846 bits per heavy atom. The van der Waals surface area contributed by atoms with Crippen LogP contribution in [0.15, 0.2) is 66.8 Å². The number of rotatable bonds is 7. The summed E-state index contributed by atoms with van der Waals surface area (Å²) >= 11 is 0. The van der Waals surface area contributed by atoms with Crippen LogP contribution in [-0.2, 0) is 19.3 Å². The molecule has 0 heterocycles. The summed E-state index contributed by atoms with van der Waals surface area (Å²) in [6, 6.07) is 16.3. The van der Waals surface area contributed by atoms with Crippen molar-refractivity contribution in [2.45, 2.75) is 58.8 Å². The van der Waals surface area contributed by atoms with Gasteiger partial charge in [-0.05, 0) is 92.5 Å². The second-order valence-corrected chi connectivity index (χ2v) is 7.54. The monoisotopic (exact) mass is 344 g/mol. The van der Waals surface area contributed by atoms with Crippen molar-refractivity contribution in [1.82, 2.24) is 0 Å². The maximum absolute atomic E-state index is 2.44. The van der Waals surface area contributed by atoms with Crippen molar-refractivity contribution in [3.05, 3.63) is 83.5 Å². The Bertz CT molecular complexity index is 746. The second kappa shape index (κ2) is 9.57. The van der Waals surface area contributed by atoms with Crippen LogP contribution >= 0.6 is 0 Å². The van der Waals surface area contributed by atoms with Crippen LogP contribution < -0.4 is 0 Å². The number of hydrogen-bond donors (Lipinski definition) is 0. The fourth-order valence-corrected chi connectivity index (χ4v) is 4.04. The van der Waals surface area contributed by atoms with Crippen LogP contribution in [0.3, 0.4) is 0 Å². The Kier molecular flexibility index (Phi) is 6.89. The largest absolute Gasteiger partial charge is 0.0917 e. The zero-order valence-electron chi connectivity index (χ0n) is 16.4. The molecule has 0 fully saturated rings. The summed E-state index contributed by atoms with van der Waals surface area (Å²) in [6.07, 6.45) is 17.5. The van der Waals surface area contributed by atoms with Crippen molar-refractivity contribution in [1.29, 1.82) is 0 Å². The van der Waals surface area contributed by atoms with Crippen LogP contribution in [0.2, 0.25) is 0 Å². The molecular formula is C26H32. The molecule has 1 atom stereocenters. The first-order valence-corrected chi connectivity index (χ1v) is 10.2. The van der Waals surface area contributed by atoms with Gasteiger partial charge in [-0.3, -0.25) is 0 Å². The lowest BCUT2D eigenvalue weighted by molar-refractivity contribution is 0.430. The van der Waals surface area contributed by atoms with Crippen molar-refractivity contribution < 1.29 is 0 Å². The van der Waals surface area contributed by atoms with E-state index in [-0.39, 0.29) is 0 Å². The van der Waals surface area contributed by atoms with E-state index in [9.17, 15) is 0 Å². The van der Waals surface area contributed by atoms with E-state index < -0.39 is 0 Å². The minimum Gasteiger partial charge on any atom is -0.0917 e. The van der Waals surface area contributed by atoms with Gasteiger partial charge in [-0.15, -0.1) is 0 Å². The Balaban J connectivity index is 1.66. The van der Waals surface area contributed by atoms with Gasteiger partial charge in [0.15, 0.2) is 0 Å². The van der Waals surface area contributed by atoms with E-state index in [1.54, 1.807) is 11.1 Å². The minimum atomic E-state index is 0.862. The smallest absolute Gasteiger partial charge is 0.0181 e. The van der Waals surface area contributed by atoms with Crippen molar-refractivity contribution in [3.63, 3.8) is 0 Å². The molecule has 0 radical (unpaired) electrons. The molecule has 2 aromatic rings. The normalized spacial score (nSPS) is 17.1. The van der Waals surface area contributed by atoms with Crippen LogP contribution in [0, 0.1) is 5.92 Å². The summed E-state index contributed by atoms with van der Waals surface area (Å²) in [5, 5.41) is 0. The molecule has 0 N–H and O–H groups in total. The Hall–Kier alpha value is -2.08. The van der Waals surface area contributed by atoms with Crippen molar-refractivity contribution in [2.24, 2.45) is 5.92 Å². The lowest BCUT2D eigenvalue weighted by Gasteiger charge is -2.25. The molecule has 3 rings (SSSR count). The van der Waals surface area contributed by atoms with E-state index in [2.05, 4.69) is 80.6 Å². The van der Waals surface area contributed by atoms with Gasteiger partial charge < -0.3 is 0 Å². The first-order chi connectivity index (χ1) is 12.8. The Morgan fingerprint density at radius 3 is 2.35 bits per heavy atom. The number of allylic oxidation sites excluding steroid dienone is 4. The Morgan fingerprint density at radius 2 is 1.58 bits per heavy atom. The zero-order chi connectivity index (χ0) is 18.2. The summed E-state index contributed by atoms with van der Waals surface area (Å²) in [5.74, 6) is 0.862. The summed E-state index contributed by atoms with van der Waals surface area (Å²) in [4.78, 5) is 0. The fraction of sp³-hybridized carbons (Fsp3) is 0.385. The third-order valence-corrected chi connectivity index (χ3v) is 5.64. The lowest BCUT2D eigenvalue weighted by Crippen LogP contribution is -2.14. The molecule has 1 unspecified atom stereocenters. The predicted octanol–water partition coefficient (Wildman–Crippen LogP) is 7.32. The molecule has 0 nitrogen and oxygen atoms in total. The molecule has 0 spiro atoms. The third kappa shape index (κ3) is 4.97. The summed E-state index contributed by atoms with van der Waals surface area (Å²) in [5.41, 5.74) is 7.29. The van der Waals surface area contributed by atoms with Gasteiger partial charge in [-0.2, -0.15) is 0 Å². The molecule has 26 heavy (non-hydrogen) atoms. The van der Waals surface area contributed by atoms with Gasteiger partial charge in [-0.25, -0.2) is 0 Å². The second-order valence-electron chi connectivity index (χ2n) is 7.54. The average molecular weight is 345 g/mol. The van der Waals surface area contributed by atoms with E-state index in [0.717, 1.165) is 18.8 Å². The molecule has 0 saturated heterocycles. The van der Waals surface area contributed by atoms with Crippen LogP contribution in [0.5, 0.6) is 0 Å². The van der Waals surface area contributed by atoms with Gasteiger partial charge in [0.25, 0.3) is 0 Å². The maximum Gasteiger partial charge on any atom is -0.0181 e. The van der Waals surface area contributed by atoms with E-state index in [1.807, 2.05) is 0 Å². The van der Waals surface area contributed by atoms with Crippen LogP contribution in [0.25, 0.3) is 11.1 Å². The number of fused-ring (bicyclic) bond motifs is 1. The summed E-state index contributed by atoms with van der Waals surface area (Å²) in [6.45, 7) is 4.20. The van der Waals surface area contributed by atoms with Crippen LogP contribution in [0.1, 0.15) is 56.2 Å². The molecule has 1 aliphatic rings. The van der Waals surface area contributed by atoms with Crippen molar-refractivity contribution in [3.8, 4) is 11.1 Å². The van der Waals surface area contributed by atoms with E-state index in [1.165, 1.54) is 48.8 Å². The molecule has 1 aliphatic carbocycles. The van der Waals surface area contributed by atoms with E-state index in [0.29, 0.717) is 0 Å². The average Bonchev–Trinajstić information content (AvgIpc) is 2.68. The highest BCUT2D eigenvalue weighted by Gasteiger charge is 2.18. The molecule has 136 valence electrons. The van der Waals surface area contributed by atoms with Gasteiger partial charge in [0.05, 0.1) is 0 Å². The topological polar surface area (TPSA) is 0 Å². The molecule has 0 saturated carbocycles. The molecule has 0 heteroatoms. The van der Waals surface area contributed by atoms with Gasteiger partial charge in [0, 0.05) is 0 Å². The molecule has 0 aliphatic heterocycles. The molecule has 0 amide bonds. The van der Waals surface area contributed by atoms with Gasteiger partial charge >= 0.3 is 0 Å². The van der Waals surface area contributed by atoms with Gasteiger partial charge in [0.1, 0.15) is 0 Å². The standard InChI is InChI=1S/C26H32/c1-3-5-7-9-21-11-14-23(15-12-21)25-18-17-24-19-22(10-8-6-4-2)13-16-26(24)20-25/h3-6,11-12,14-15,17-18,20,22H,7-10,13,16,19H2,1-2H3/b5-3+,6-4+. The summed E-state index contributed by atoms with van der Waals surface area (Å²) in [7, 11) is 0. The first kappa shape index (κ1) is 18.7. The molecule has 2 aromatic carbocycles.